The largest absolute Gasteiger partial charge is 0.383 e. The standard InChI is InChI=1S/C15H22N4O2S/c1-10-8-16-5-4-11(10)17-6-7-18-13(20)12-9-22-15(2,3)14(21)19-12/h4-5,8,12H,6-7,9H2,1-3H3,(H,16,17)(H,18,20)(H,19,21)/t12-/m1/s1. The third-order valence-electron chi connectivity index (χ3n) is 3.54. The monoisotopic (exact) mass is 322 g/mol. The molecule has 2 heterocycles. The van der Waals surface area contributed by atoms with E-state index in [9.17, 15) is 9.59 Å². The predicted molar refractivity (Wildman–Crippen MR) is 88.9 cm³/mol. The predicted octanol–water partition coefficient (Wildman–Crippen LogP) is 0.928. The second-order valence-corrected chi connectivity index (χ2v) is 7.40. The molecule has 0 bridgehead atoms. The van der Waals surface area contributed by atoms with E-state index >= 15 is 0 Å². The molecular formula is C15H22N4O2S. The Labute approximate surface area is 134 Å². The molecule has 1 aliphatic heterocycles. The smallest absolute Gasteiger partial charge is 0.243 e. The molecular weight excluding hydrogens is 300 g/mol. The van der Waals surface area contributed by atoms with Crippen LogP contribution in [0.15, 0.2) is 18.5 Å². The highest BCUT2D eigenvalue weighted by Gasteiger charge is 2.37. The van der Waals surface area contributed by atoms with E-state index in [1.807, 2.05) is 26.8 Å². The Hall–Kier alpha value is -1.76. The van der Waals surface area contributed by atoms with E-state index in [1.165, 1.54) is 11.8 Å². The van der Waals surface area contributed by atoms with Crippen molar-refractivity contribution in [3.05, 3.63) is 24.0 Å². The lowest BCUT2D eigenvalue weighted by atomic mass is 10.1. The van der Waals surface area contributed by atoms with Crippen molar-refractivity contribution >= 4 is 29.3 Å². The topological polar surface area (TPSA) is 83.1 Å². The molecule has 1 aromatic heterocycles. The number of pyridine rings is 1. The maximum absolute atomic E-state index is 12.1. The van der Waals surface area contributed by atoms with Crippen molar-refractivity contribution in [2.45, 2.75) is 31.6 Å². The highest BCUT2D eigenvalue weighted by molar-refractivity contribution is 8.01. The Balaban J connectivity index is 1.72. The summed E-state index contributed by atoms with van der Waals surface area (Å²) in [5, 5.41) is 8.86. The highest BCUT2D eigenvalue weighted by Crippen LogP contribution is 2.28. The number of thioether (sulfide) groups is 1. The first-order valence-electron chi connectivity index (χ1n) is 7.27. The van der Waals surface area contributed by atoms with Crippen molar-refractivity contribution in [2.24, 2.45) is 0 Å². The van der Waals surface area contributed by atoms with E-state index in [0.29, 0.717) is 18.8 Å². The molecule has 0 spiro atoms. The maximum Gasteiger partial charge on any atom is 0.243 e. The summed E-state index contributed by atoms with van der Waals surface area (Å²) in [6.45, 7) is 6.82. The summed E-state index contributed by atoms with van der Waals surface area (Å²) in [6.07, 6.45) is 3.52. The molecule has 1 atom stereocenters. The van der Waals surface area contributed by atoms with Crippen LogP contribution < -0.4 is 16.0 Å². The van der Waals surface area contributed by atoms with Crippen molar-refractivity contribution in [3.63, 3.8) is 0 Å². The van der Waals surface area contributed by atoms with E-state index in [0.717, 1.165) is 11.3 Å². The average Bonchev–Trinajstić information content (AvgIpc) is 2.48. The first kappa shape index (κ1) is 16.6. The van der Waals surface area contributed by atoms with Crippen LogP contribution in [0.25, 0.3) is 0 Å². The molecule has 0 unspecified atom stereocenters. The lowest BCUT2D eigenvalue weighted by Crippen LogP contribution is -2.57. The van der Waals surface area contributed by atoms with Gasteiger partial charge in [0.1, 0.15) is 6.04 Å². The number of rotatable bonds is 5. The van der Waals surface area contributed by atoms with Gasteiger partial charge in [-0.1, -0.05) is 0 Å². The van der Waals surface area contributed by atoms with Crippen molar-refractivity contribution in [1.82, 2.24) is 15.6 Å². The quantitative estimate of drug-likeness (QED) is 0.703. The molecule has 1 aliphatic rings. The lowest BCUT2D eigenvalue weighted by molar-refractivity contribution is -0.129. The highest BCUT2D eigenvalue weighted by atomic mass is 32.2. The number of amides is 2. The van der Waals surface area contributed by atoms with Gasteiger partial charge >= 0.3 is 0 Å². The second kappa shape index (κ2) is 7.00. The first-order chi connectivity index (χ1) is 10.4. The zero-order valence-electron chi connectivity index (χ0n) is 13.1. The van der Waals surface area contributed by atoms with Crippen LogP contribution in [0, 0.1) is 6.92 Å². The fraction of sp³-hybridized carbons (Fsp3) is 0.533. The van der Waals surface area contributed by atoms with Crippen LogP contribution in [0.4, 0.5) is 5.69 Å². The van der Waals surface area contributed by atoms with Gasteiger partial charge in [0.2, 0.25) is 11.8 Å². The molecule has 1 aromatic rings. The lowest BCUT2D eigenvalue weighted by Gasteiger charge is -2.32. The number of hydrogen-bond donors (Lipinski definition) is 3. The molecule has 1 fully saturated rings. The summed E-state index contributed by atoms with van der Waals surface area (Å²) < 4.78 is -0.461. The third-order valence-corrected chi connectivity index (χ3v) is 4.95. The third kappa shape index (κ3) is 4.13. The Bertz CT molecular complexity index is 562. The van der Waals surface area contributed by atoms with Gasteiger partial charge in [-0.2, -0.15) is 0 Å². The summed E-state index contributed by atoms with van der Waals surface area (Å²) >= 11 is 1.51. The van der Waals surface area contributed by atoms with Crippen molar-refractivity contribution in [1.29, 1.82) is 0 Å². The summed E-state index contributed by atoms with van der Waals surface area (Å²) in [5.41, 5.74) is 2.07. The normalized spacial score (nSPS) is 20.1. The zero-order valence-corrected chi connectivity index (χ0v) is 13.9. The fourth-order valence-corrected chi connectivity index (χ4v) is 3.06. The first-order valence-corrected chi connectivity index (χ1v) is 8.26. The molecule has 1 saturated heterocycles. The molecule has 2 rings (SSSR count). The van der Waals surface area contributed by atoms with Gasteiger partial charge in [0.25, 0.3) is 0 Å². The Morgan fingerprint density at radius 2 is 2.27 bits per heavy atom. The second-order valence-electron chi connectivity index (χ2n) is 5.76. The number of nitrogens with zero attached hydrogens (tertiary/aromatic N) is 1. The van der Waals surface area contributed by atoms with Crippen LogP contribution >= 0.6 is 11.8 Å². The van der Waals surface area contributed by atoms with Gasteiger partial charge in [0.15, 0.2) is 0 Å². The molecule has 3 N–H and O–H groups in total. The molecule has 0 radical (unpaired) electrons. The van der Waals surface area contributed by atoms with Gasteiger partial charge in [0.05, 0.1) is 4.75 Å². The minimum absolute atomic E-state index is 0.0885. The van der Waals surface area contributed by atoms with E-state index < -0.39 is 10.8 Å². The van der Waals surface area contributed by atoms with Gasteiger partial charge in [-0.05, 0) is 32.4 Å². The Kier molecular flexibility index (Phi) is 5.28. The van der Waals surface area contributed by atoms with Crippen LogP contribution in [0.1, 0.15) is 19.4 Å². The summed E-state index contributed by atoms with van der Waals surface area (Å²) in [7, 11) is 0. The summed E-state index contributed by atoms with van der Waals surface area (Å²) in [6, 6.07) is 1.45. The van der Waals surface area contributed by atoms with Crippen molar-refractivity contribution < 1.29 is 9.59 Å². The molecule has 6 nitrogen and oxygen atoms in total. The molecule has 120 valence electrons. The SMILES string of the molecule is Cc1cnccc1NCCNC(=O)[C@H]1CSC(C)(C)C(=O)N1. The van der Waals surface area contributed by atoms with Gasteiger partial charge in [0, 0.05) is 36.9 Å². The van der Waals surface area contributed by atoms with E-state index in [1.54, 1.807) is 12.4 Å². The van der Waals surface area contributed by atoms with Crippen molar-refractivity contribution in [2.75, 3.05) is 24.2 Å². The number of carbonyl (C=O) groups excluding carboxylic acids is 2. The molecule has 22 heavy (non-hydrogen) atoms. The average molecular weight is 322 g/mol. The Morgan fingerprint density at radius 1 is 1.50 bits per heavy atom. The molecule has 0 aliphatic carbocycles. The van der Waals surface area contributed by atoms with Crippen LogP contribution in [-0.4, -0.2) is 46.4 Å². The summed E-state index contributed by atoms with van der Waals surface area (Å²) in [4.78, 5) is 27.9. The van der Waals surface area contributed by atoms with Crippen molar-refractivity contribution in [3.8, 4) is 0 Å². The minimum Gasteiger partial charge on any atom is -0.383 e. The molecule has 7 heteroatoms. The number of carbonyl (C=O) groups is 2. The molecule has 2 amide bonds. The van der Waals surface area contributed by atoms with Gasteiger partial charge < -0.3 is 16.0 Å². The van der Waals surface area contributed by atoms with E-state index in [4.69, 9.17) is 0 Å². The van der Waals surface area contributed by atoms with Crippen LogP contribution in [0.3, 0.4) is 0 Å². The number of anilines is 1. The van der Waals surface area contributed by atoms with E-state index in [2.05, 4.69) is 20.9 Å². The number of hydrogen-bond acceptors (Lipinski definition) is 5. The summed E-state index contributed by atoms with van der Waals surface area (Å²) in [5.74, 6) is 0.376. The molecule has 0 aromatic carbocycles. The molecule has 0 saturated carbocycles. The van der Waals surface area contributed by atoms with Gasteiger partial charge in [-0.25, -0.2) is 0 Å². The minimum atomic E-state index is -0.461. The number of nitrogens with one attached hydrogen (secondary N) is 3. The number of aryl methyl sites for hydroxylation is 1. The van der Waals surface area contributed by atoms with Crippen LogP contribution in [0.5, 0.6) is 0 Å². The zero-order chi connectivity index (χ0) is 16.2. The van der Waals surface area contributed by atoms with Crippen LogP contribution in [-0.2, 0) is 9.59 Å². The van der Waals surface area contributed by atoms with Gasteiger partial charge in [-0.3, -0.25) is 14.6 Å². The van der Waals surface area contributed by atoms with Crippen LogP contribution in [0.2, 0.25) is 0 Å². The number of aromatic nitrogens is 1. The fourth-order valence-electron chi connectivity index (χ4n) is 2.05. The Morgan fingerprint density at radius 3 is 2.95 bits per heavy atom. The maximum atomic E-state index is 12.1. The van der Waals surface area contributed by atoms with Gasteiger partial charge in [-0.15, -0.1) is 11.8 Å². The van der Waals surface area contributed by atoms with E-state index in [-0.39, 0.29) is 11.8 Å².